The minimum atomic E-state index is -0.184. The van der Waals surface area contributed by atoms with Crippen molar-refractivity contribution < 1.29 is 4.79 Å². The van der Waals surface area contributed by atoms with Crippen LogP contribution in [0.2, 0.25) is 0 Å². The highest BCUT2D eigenvalue weighted by atomic mass is 16.2. The van der Waals surface area contributed by atoms with Crippen LogP contribution in [0.1, 0.15) is 43.1 Å². The van der Waals surface area contributed by atoms with Crippen LogP contribution >= 0.6 is 0 Å². The number of amides is 1. The van der Waals surface area contributed by atoms with Gasteiger partial charge < -0.3 is 5.32 Å². The van der Waals surface area contributed by atoms with Crippen LogP contribution in [0.15, 0.2) is 0 Å². The van der Waals surface area contributed by atoms with Crippen molar-refractivity contribution in [3.63, 3.8) is 0 Å². The Labute approximate surface area is 95.0 Å². The zero-order valence-corrected chi connectivity index (χ0v) is 10.0. The number of nitrogens with zero attached hydrogens (tertiary/aromatic N) is 2. The summed E-state index contributed by atoms with van der Waals surface area (Å²) in [6, 6.07) is 0. The molecule has 1 saturated carbocycles. The molecule has 16 heavy (non-hydrogen) atoms. The van der Waals surface area contributed by atoms with Gasteiger partial charge in [0.1, 0.15) is 5.82 Å². The van der Waals surface area contributed by atoms with Crippen LogP contribution in [0, 0.1) is 18.3 Å². The molecule has 1 aromatic rings. The van der Waals surface area contributed by atoms with Crippen LogP contribution in [0.25, 0.3) is 0 Å². The first kappa shape index (κ1) is 11.1. The molecule has 0 atom stereocenters. The Bertz CT molecular complexity index is 392. The van der Waals surface area contributed by atoms with Crippen molar-refractivity contribution in [3.05, 3.63) is 11.6 Å². The van der Waals surface area contributed by atoms with Crippen LogP contribution in [-0.2, 0) is 0 Å². The van der Waals surface area contributed by atoms with Crippen LogP contribution in [-0.4, -0.2) is 27.6 Å². The highest BCUT2D eigenvalue weighted by molar-refractivity contribution is 5.90. The molecule has 0 bridgehead atoms. The summed E-state index contributed by atoms with van der Waals surface area (Å²) in [4.78, 5) is 15.7. The van der Waals surface area contributed by atoms with Gasteiger partial charge in [-0.15, -0.1) is 5.10 Å². The van der Waals surface area contributed by atoms with E-state index in [0.29, 0.717) is 17.2 Å². The molecule has 1 heterocycles. The fraction of sp³-hybridized carbons (Fsp3) is 0.727. The summed E-state index contributed by atoms with van der Waals surface area (Å²) in [5.41, 5.74) is 0.320. The lowest BCUT2D eigenvalue weighted by Gasteiger charge is -2.19. The van der Waals surface area contributed by atoms with Gasteiger partial charge in [0, 0.05) is 6.54 Å². The second-order valence-electron chi connectivity index (χ2n) is 4.94. The number of rotatable bonds is 4. The fourth-order valence-electron chi connectivity index (χ4n) is 1.90. The number of nitrogens with one attached hydrogen (secondary N) is 2. The molecular formula is C11H18N4O. The predicted octanol–water partition coefficient (Wildman–Crippen LogP) is 1.28. The average molecular weight is 222 g/mol. The van der Waals surface area contributed by atoms with Gasteiger partial charge in [-0.25, -0.2) is 4.98 Å². The zero-order chi connectivity index (χ0) is 11.8. The summed E-state index contributed by atoms with van der Waals surface area (Å²) in [5, 5.41) is 9.41. The number of H-pyrrole nitrogens is 1. The van der Waals surface area contributed by atoms with Gasteiger partial charge in [0.25, 0.3) is 5.91 Å². The van der Waals surface area contributed by atoms with Gasteiger partial charge in [-0.1, -0.05) is 13.8 Å². The summed E-state index contributed by atoms with van der Waals surface area (Å²) < 4.78 is 0. The normalized spacial score (nSPS) is 17.5. The lowest BCUT2D eigenvalue weighted by molar-refractivity contribution is 0.0929. The van der Waals surface area contributed by atoms with E-state index in [2.05, 4.69) is 34.3 Å². The molecule has 0 aromatic carbocycles. The Kier molecular flexibility index (Phi) is 2.69. The molecule has 0 spiro atoms. The van der Waals surface area contributed by atoms with E-state index in [-0.39, 0.29) is 11.7 Å². The number of hydrogen-bond donors (Lipinski definition) is 2. The van der Waals surface area contributed by atoms with E-state index in [9.17, 15) is 4.79 Å². The van der Waals surface area contributed by atoms with Gasteiger partial charge in [-0.05, 0) is 31.1 Å². The van der Waals surface area contributed by atoms with Gasteiger partial charge in [-0.3, -0.25) is 9.89 Å². The molecule has 0 unspecified atom stereocenters. The number of aryl methyl sites for hydroxylation is 1. The third-order valence-corrected chi connectivity index (χ3v) is 3.52. The molecule has 1 aromatic heterocycles. The Balaban J connectivity index is 1.89. The maximum atomic E-state index is 11.7. The summed E-state index contributed by atoms with van der Waals surface area (Å²) in [6.07, 6.45) is 2.41. The molecule has 0 radical (unpaired) electrons. The zero-order valence-electron chi connectivity index (χ0n) is 10.0. The van der Waals surface area contributed by atoms with E-state index in [4.69, 9.17) is 0 Å². The van der Waals surface area contributed by atoms with Gasteiger partial charge >= 0.3 is 0 Å². The number of carbonyl (C=O) groups is 1. The van der Waals surface area contributed by atoms with E-state index < -0.39 is 0 Å². The Morgan fingerprint density at radius 1 is 1.56 bits per heavy atom. The number of aromatic nitrogens is 3. The molecule has 1 fully saturated rings. The fourth-order valence-corrected chi connectivity index (χ4v) is 1.90. The van der Waals surface area contributed by atoms with E-state index in [1.165, 1.54) is 12.8 Å². The Morgan fingerprint density at radius 3 is 2.69 bits per heavy atom. The van der Waals surface area contributed by atoms with Gasteiger partial charge in [0.2, 0.25) is 5.82 Å². The van der Waals surface area contributed by atoms with Crippen LogP contribution < -0.4 is 5.32 Å². The monoisotopic (exact) mass is 222 g/mol. The molecule has 0 aliphatic heterocycles. The minimum absolute atomic E-state index is 0.184. The first-order valence-electron chi connectivity index (χ1n) is 5.71. The maximum absolute atomic E-state index is 11.7. The van der Waals surface area contributed by atoms with E-state index in [1.807, 2.05) is 0 Å². The van der Waals surface area contributed by atoms with E-state index in [0.717, 1.165) is 6.54 Å². The number of carbonyl (C=O) groups excluding carboxylic acids is 1. The van der Waals surface area contributed by atoms with E-state index in [1.54, 1.807) is 6.92 Å². The van der Waals surface area contributed by atoms with Gasteiger partial charge in [0.05, 0.1) is 0 Å². The SMILES string of the molecule is Cc1nc(C(=O)NCC2(C(C)C)CC2)n[nH]1. The Morgan fingerprint density at radius 2 is 2.25 bits per heavy atom. The lowest BCUT2D eigenvalue weighted by Crippen LogP contribution is -2.33. The van der Waals surface area contributed by atoms with Crippen molar-refractivity contribution in [1.29, 1.82) is 0 Å². The molecule has 88 valence electrons. The van der Waals surface area contributed by atoms with E-state index >= 15 is 0 Å². The largest absolute Gasteiger partial charge is 0.349 e. The minimum Gasteiger partial charge on any atom is -0.349 e. The van der Waals surface area contributed by atoms with Crippen molar-refractivity contribution in [3.8, 4) is 0 Å². The topological polar surface area (TPSA) is 70.7 Å². The summed E-state index contributed by atoms with van der Waals surface area (Å²) in [7, 11) is 0. The summed E-state index contributed by atoms with van der Waals surface area (Å²) in [5.74, 6) is 1.32. The second kappa shape index (κ2) is 3.88. The smallest absolute Gasteiger partial charge is 0.290 e. The third kappa shape index (κ3) is 2.08. The highest BCUT2D eigenvalue weighted by Crippen LogP contribution is 2.51. The molecule has 0 saturated heterocycles. The van der Waals surface area contributed by atoms with Crippen LogP contribution in [0.3, 0.4) is 0 Å². The quantitative estimate of drug-likeness (QED) is 0.806. The molecule has 1 aliphatic rings. The van der Waals surface area contributed by atoms with Crippen LogP contribution in [0.4, 0.5) is 0 Å². The number of aromatic amines is 1. The van der Waals surface area contributed by atoms with Crippen molar-refractivity contribution in [2.24, 2.45) is 11.3 Å². The average Bonchev–Trinajstić information content (AvgIpc) is 2.92. The highest BCUT2D eigenvalue weighted by Gasteiger charge is 2.45. The molecular weight excluding hydrogens is 204 g/mol. The standard InChI is InChI=1S/C11H18N4O/c1-7(2)11(4-5-11)6-12-10(16)9-13-8(3)14-15-9/h7H,4-6H2,1-3H3,(H,12,16)(H,13,14,15). The van der Waals surface area contributed by atoms with Gasteiger partial charge in [-0.2, -0.15) is 0 Å². The number of hydrogen-bond acceptors (Lipinski definition) is 3. The predicted molar refractivity (Wildman–Crippen MR) is 60.0 cm³/mol. The van der Waals surface area contributed by atoms with Crippen molar-refractivity contribution in [1.82, 2.24) is 20.5 Å². The molecule has 5 nitrogen and oxygen atoms in total. The van der Waals surface area contributed by atoms with Crippen molar-refractivity contribution in [2.75, 3.05) is 6.54 Å². The van der Waals surface area contributed by atoms with Gasteiger partial charge in [0.15, 0.2) is 0 Å². The molecule has 5 heteroatoms. The maximum Gasteiger partial charge on any atom is 0.290 e. The van der Waals surface area contributed by atoms with Crippen molar-refractivity contribution >= 4 is 5.91 Å². The summed E-state index contributed by atoms with van der Waals surface area (Å²) in [6.45, 7) is 6.92. The Hall–Kier alpha value is -1.39. The molecule has 1 aliphatic carbocycles. The molecule has 2 rings (SSSR count). The first-order valence-corrected chi connectivity index (χ1v) is 5.71. The summed E-state index contributed by atoms with van der Waals surface area (Å²) >= 11 is 0. The molecule has 1 amide bonds. The van der Waals surface area contributed by atoms with Crippen molar-refractivity contribution in [2.45, 2.75) is 33.6 Å². The molecule has 2 N–H and O–H groups in total. The second-order valence-corrected chi connectivity index (χ2v) is 4.94. The lowest BCUT2D eigenvalue weighted by atomic mass is 9.92. The third-order valence-electron chi connectivity index (χ3n) is 3.52. The van der Waals surface area contributed by atoms with Crippen LogP contribution in [0.5, 0.6) is 0 Å². The first-order chi connectivity index (χ1) is 7.53.